The molecule has 2 nitrogen and oxygen atoms in total. The van der Waals surface area contributed by atoms with Gasteiger partial charge in [-0.15, -0.1) is 0 Å². The van der Waals surface area contributed by atoms with Gasteiger partial charge in [0.05, 0.1) is 18.7 Å². The van der Waals surface area contributed by atoms with E-state index in [9.17, 15) is 0 Å². The largest absolute Gasteiger partial charge is 0.497 e. The van der Waals surface area contributed by atoms with Crippen molar-refractivity contribution in [3.05, 3.63) is 65.2 Å². The van der Waals surface area contributed by atoms with Gasteiger partial charge in [-0.3, -0.25) is 0 Å². The van der Waals surface area contributed by atoms with Crippen LogP contribution in [0.25, 0.3) is 0 Å². The van der Waals surface area contributed by atoms with Crippen LogP contribution in [0.2, 0.25) is 0 Å². The Balaban J connectivity index is 2.22. The molecular weight excluding hydrogens is 222 g/mol. The van der Waals surface area contributed by atoms with Crippen molar-refractivity contribution in [2.75, 3.05) is 7.11 Å². The number of methoxy groups -OCH3 is 1. The molecule has 0 radical (unpaired) electrons. The third-order valence-corrected chi connectivity index (χ3v) is 2.43. The minimum absolute atomic E-state index is 0.641. The summed E-state index contributed by atoms with van der Waals surface area (Å²) < 4.78 is 5.13. The standard InChI is InChI=1S/C16H11NO/c1-18-16-4-2-3-14(11-16)8-5-13-6-9-15(12-17)10-7-13/h2-4,6-7,9-11H,1H3. The third kappa shape index (κ3) is 2.90. The smallest absolute Gasteiger partial charge is 0.120 e. The molecule has 0 spiro atoms. The average Bonchev–Trinajstić information content (AvgIpc) is 2.46. The van der Waals surface area contributed by atoms with Crippen LogP contribution in [-0.4, -0.2) is 7.11 Å². The number of nitrogens with zero attached hydrogens (tertiary/aromatic N) is 1. The Hall–Kier alpha value is -2.71. The van der Waals surface area contributed by atoms with E-state index >= 15 is 0 Å². The van der Waals surface area contributed by atoms with E-state index in [0.717, 1.165) is 16.9 Å². The molecule has 0 amide bonds. The van der Waals surface area contributed by atoms with Gasteiger partial charge >= 0.3 is 0 Å². The van der Waals surface area contributed by atoms with Crippen LogP contribution >= 0.6 is 0 Å². The van der Waals surface area contributed by atoms with Crippen molar-refractivity contribution < 1.29 is 4.74 Å². The highest BCUT2D eigenvalue weighted by atomic mass is 16.5. The van der Waals surface area contributed by atoms with Crippen molar-refractivity contribution in [1.82, 2.24) is 0 Å². The van der Waals surface area contributed by atoms with E-state index in [4.69, 9.17) is 10.00 Å². The van der Waals surface area contributed by atoms with Crippen molar-refractivity contribution in [2.45, 2.75) is 0 Å². The fraction of sp³-hybridized carbons (Fsp3) is 0.0625. The molecule has 86 valence electrons. The van der Waals surface area contributed by atoms with Gasteiger partial charge in [0.1, 0.15) is 5.75 Å². The van der Waals surface area contributed by atoms with Crippen molar-refractivity contribution in [3.8, 4) is 23.7 Å². The van der Waals surface area contributed by atoms with Gasteiger partial charge in [-0.05, 0) is 42.5 Å². The second-order valence-electron chi connectivity index (χ2n) is 3.67. The first-order valence-electron chi connectivity index (χ1n) is 5.48. The molecule has 0 aromatic heterocycles. The normalized spacial score (nSPS) is 8.89. The van der Waals surface area contributed by atoms with E-state index in [1.165, 1.54) is 0 Å². The molecule has 0 saturated heterocycles. The van der Waals surface area contributed by atoms with Crippen LogP contribution in [0.5, 0.6) is 5.75 Å². The molecule has 0 aliphatic heterocycles. The predicted octanol–water partition coefficient (Wildman–Crippen LogP) is 2.97. The van der Waals surface area contributed by atoms with Crippen molar-refractivity contribution in [2.24, 2.45) is 0 Å². The Kier molecular flexibility index (Phi) is 3.64. The van der Waals surface area contributed by atoms with Gasteiger partial charge in [0.2, 0.25) is 0 Å². The molecule has 0 unspecified atom stereocenters. The van der Waals surface area contributed by atoms with Gasteiger partial charge in [0.15, 0.2) is 0 Å². The van der Waals surface area contributed by atoms with Crippen LogP contribution in [0.1, 0.15) is 16.7 Å². The first-order valence-corrected chi connectivity index (χ1v) is 5.48. The fourth-order valence-corrected chi connectivity index (χ4v) is 1.47. The summed E-state index contributed by atoms with van der Waals surface area (Å²) in [5.41, 5.74) is 2.43. The van der Waals surface area contributed by atoms with Gasteiger partial charge in [-0.1, -0.05) is 17.9 Å². The highest BCUT2D eigenvalue weighted by Gasteiger charge is 1.92. The maximum absolute atomic E-state index is 8.69. The fourth-order valence-electron chi connectivity index (χ4n) is 1.47. The van der Waals surface area contributed by atoms with Gasteiger partial charge in [0, 0.05) is 11.1 Å². The van der Waals surface area contributed by atoms with Crippen molar-refractivity contribution in [3.63, 3.8) is 0 Å². The summed E-state index contributed by atoms with van der Waals surface area (Å²) in [7, 11) is 1.63. The van der Waals surface area contributed by atoms with Crippen LogP contribution in [0.4, 0.5) is 0 Å². The topological polar surface area (TPSA) is 33.0 Å². The molecule has 2 heteroatoms. The molecule has 0 atom stereocenters. The maximum Gasteiger partial charge on any atom is 0.120 e. The highest BCUT2D eigenvalue weighted by Crippen LogP contribution is 2.11. The monoisotopic (exact) mass is 233 g/mol. The number of hydrogen-bond acceptors (Lipinski definition) is 2. The molecule has 0 heterocycles. The molecule has 0 saturated carbocycles. The van der Waals surface area contributed by atoms with Gasteiger partial charge in [0.25, 0.3) is 0 Å². The van der Waals surface area contributed by atoms with E-state index < -0.39 is 0 Å². The van der Waals surface area contributed by atoms with E-state index in [2.05, 4.69) is 17.9 Å². The summed E-state index contributed by atoms with van der Waals surface area (Å²) in [6.07, 6.45) is 0. The Morgan fingerprint density at radius 3 is 2.22 bits per heavy atom. The molecule has 0 bridgehead atoms. The van der Waals surface area contributed by atoms with Crippen LogP contribution in [0.3, 0.4) is 0 Å². The minimum atomic E-state index is 0.641. The lowest BCUT2D eigenvalue weighted by Gasteiger charge is -1.98. The van der Waals surface area contributed by atoms with E-state index in [1.54, 1.807) is 19.2 Å². The van der Waals surface area contributed by atoms with Crippen LogP contribution in [-0.2, 0) is 0 Å². The van der Waals surface area contributed by atoms with Gasteiger partial charge in [-0.2, -0.15) is 5.26 Å². The molecule has 0 N–H and O–H groups in total. The van der Waals surface area contributed by atoms with Crippen LogP contribution < -0.4 is 4.74 Å². The van der Waals surface area contributed by atoms with Crippen LogP contribution in [0, 0.1) is 23.2 Å². The lowest BCUT2D eigenvalue weighted by Crippen LogP contribution is -1.83. The van der Waals surface area contributed by atoms with Crippen LogP contribution in [0.15, 0.2) is 48.5 Å². The number of benzene rings is 2. The predicted molar refractivity (Wildman–Crippen MR) is 70.1 cm³/mol. The summed E-state index contributed by atoms with van der Waals surface area (Å²) in [6.45, 7) is 0. The second-order valence-corrected chi connectivity index (χ2v) is 3.67. The Labute approximate surface area is 106 Å². The summed E-state index contributed by atoms with van der Waals surface area (Å²) in [5, 5.41) is 8.69. The van der Waals surface area contributed by atoms with E-state index in [0.29, 0.717) is 5.56 Å². The number of rotatable bonds is 1. The average molecular weight is 233 g/mol. The lowest BCUT2D eigenvalue weighted by molar-refractivity contribution is 0.414. The van der Waals surface area contributed by atoms with Crippen molar-refractivity contribution in [1.29, 1.82) is 5.26 Å². The first-order chi connectivity index (χ1) is 8.81. The molecule has 0 fully saturated rings. The SMILES string of the molecule is COc1cccc(C#Cc2ccc(C#N)cc2)c1. The molecule has 0 aliphatic rings. The zero-order valence-corrected chi connectivity index (χ0v) is 9.97. The number of nitriles is 1. The molecule has 18 heavy (non-hydrogen) atoms. The summed E-state index contributed by atoms with van der Waals surface area (Å²) in [5.74, 6) is 6.90. The Morgan fingerprint density at radius 2 is 1.56 bits per heavy atom. The van der Waals surface area contributed by atoms with E-state index in [1.807, 2.05) is 36.4 Å². The second kappa shape index (κ2) is 5.57. The third-order valence-electron chi connectivity index (χ3n) is 2.43. The number of ether oxygens (including phenoxy) is 1. The Bertz CT molecular complexity index is 639. The molecule has 2 rings (SSSR count). The molecular formula is C16H11NO. The minimum Gasteiger partial charge on any atom is -0.497 e. The molecule has 0 aliphatic carbocycles. The first kappa shape index (κ1) is 11.8. The quantitative estimate of drug-likeness (QED) is 0.709. The summed E-state index contributed by atoms with van der Waals surface area (Å²) in [6, 6.07) is 16.9. The lowest BCUT2D eigenvalue weighted by atomic mass is 10.1. The van der Waals surface area contributed by atoms with Gasteiger partial charge < -0.3 is 4.74 Å². The zero-order chi connectivity index (χ0) is 12.8. The summed E-state index contributed by atoms with van der Waals surface area (Å²) in [4.78, 5) is 0. The van der Waals surface area contributed by atoms with Crippen molar-refractivity contribution >= 4 is 0 Å². The molecule has 2 aromatic rings. The zero-order valence-electron chi connectivity index (χ0n) is 9.97. The molecule has 2 aromatic carbocycles. The van der Waals surface area contributed by atoms with Gasteiger partial charge in [-0.25, -0.2) is 0 Å². The Morgan fingerprint density at radius 1 is 0.889 bits per heavy atom. The highest BCUT2D eigenvalue weighted by molar-refractivity contribution is 5.46. The van der Waals surface area contributed by atoms with E-state index in [-0.39, 0.29) is 0 Å². The summed E-state index contributed by atoms with van der Waals surface area (Å²) >= 11 is 0. The number of hydrogen-bond donors (Lipinski definition) is 0. The maximum atomic E-state index is 8.69.